The molecule has 0 radical (unpaired) electrons. The lowest BCUT2D eigenvalue weighted by Gasteiger charge is -2.07. The van der Waals surface area contributed by atoms with Gasteiger partial charge in [-0.2, -0.15) is 0 Å². The molecule has 0 aliphatic heterocycles. The Hall–Kier alpha value is -1.25. The van der Waals surface area contributed by atoms with Crippen molar-refractivity contribution in [2.24, 2.45) is 0 Å². The predicted molar refractivity (Wildman–Crippen MR) is 90.0 cm³/mol. The summed E-state index contributed by atoms with van der Waals surface area (Å²) in [6.45, 7) is 0. The second-order valence-corrected chi connectivity index (χ2v) is 7.72. The van der Waals surface area contributed by atoms with E-state index in [1.54, 1.807) is 24.3 Å². The zero-order valence-corrected chi connectivity index (χ0v) is 15.1. The van der Waals surface area contributed by atoms with Crippen molar-refractivity contribution < 1.29 is 14.0 Å². The van der Waals surface area contributed by atoms with Crippen LogP contribution in [0.1, 0.15) is 21.7 Å². The van der Waals surface area contributed by atoms with Gasteiger partial charge in [0.2, 0.25) is 5.91 Å². The molecule has 2 rings (SSSR count). The SMILES string of the molecule is O=C(CCc1ccc(Br)cc1F)NNC(=O)c1ccc(Br)s1. The Labute approximate surface area is 147 Å². The lowest BCUT2D eigenvalue weighted by Crippen LogP contribution is -2.41. The molecule has 0 aliphatic carbocycles. The van der Waals surface area contributed by atoms with E-state index in [-0.39, 0.29) is 30.5 Å². The average Bonchev–Trinajstić information content (AvgIpc) is 2.90. The second-order valence-electron chi connectivity index (χ2n) is 4.34. The van der Waals surface area contributed by atoms with Gasteiger partial charge in [0.05, 0.1) is 8.66 Å². The van der Waals surface area contributed by atoms with E-state index < -0.39 is 0 Å². The minimum Gasteiger partial charge on any atom is -0.273 e. The van der Waals surface area contributed by atoms with Crippen molar-refractivity contribution in [3.05, 3.63) is 54.8 Å². The fourth-order valence-electron chi connectivity index (χ4n) is 1.66. The first-order valence-electron chi connectivity index (χ1n) is 6.24. The molecule has 8 heteroatoms. The van der Waals surface area contributed by atoms with Crippen molar-refractivity contribution in [3.63, 3.8) is 0 Å². The van der Waals surface area contributed by atoms with Gasteiger partial charge in [-0.05, 0) is 52.2 Å². The van der Waals surface area contributed by atoms with Crippen LogP contribution in [0.25, 0.3) is 0 Å². The third-order valence-electron chi connectivity index (χ3n) is 2.75. The maximum Gasteiger partial charge on any atom is 0.279 e. The highest BCUT2D eigenvalue weighted by molar-refractivity contribution is 9.11. The first-order valence-corrected chi connectivity index (χ1v) is 8.64. The van der Waals surface area contributed by atoms with Crippen molar-refractivity contribution in [3.8, 4) is 0 Å². The van der Waals surface area contributed by atoms with Crippen LogP contribution in [0.3, 0.4) is 0 Å². The molecule has 0 bridgehead atoms. The molecule has 0 aliphatic rings. The Morgan fingerprint density at radius 2 is 1.91 bits per heavy atom. The highest BCUT2D eigenvalue weighted by atomic mass is 79.9. The number of halogens is 3. The summed E-state index contributed by atoms with van der Waals surface area (Å²) in [6.07, 6.45) is 0.332. The Bertz CT molecular complexity index is 706. The van der Waals surface area contributed by atoms with Crippen LogP contribution in [0.5, 0.6) is 0 Å². The molecule has 4 nitrogen and oxygen atoms in total. The van der Waals surface area contributed by atoms with Gasteiger partial charge in [-0.1, -0.05) is 22.0 Å². The van der Waals surface area contributed by atoms with Gasteiger partial charge in [0, 0.05) is 10.9 Å². The Morgan fingerprint density at radius 1 is 1.14 bits per heavy atom. The van der Waals surface area contributed by atoms with E-state index >= 15 is 0 Å². The van der Waals surface area contributed by atoms with E-state index in [9.17, 15) is 14.0 Å². The number of hydrogen-bond donors (Lipinski definition) is 2. The maximum atomic E-state index is 13.6. The molecule has 2 aromatic rings. The van der Waals surface area contributed by atoms with Crippen molar-refractivity contribution >= 4 is 55.0 Å². The van der Waals surface area contributed by atoms with E-state index in [0.717, 1.165) is 3.79 Å². The summed E-state index contributed by atoms with van der Waals surface area (Å²) in [6, 6.07) is 8.08. The van der Waals surface area contributed by atoms with E-state index in [1.165, 1.54) is 17.4 Å². The van der Waals surface area contributed by atoms with Gasteiger partial charge < -0.3 is 0 Å². The zero-order chi connectivity index (χ0) is 16.1. The predicted octanol–water partition coefficient (Wildman–Crippen LogP) is 3.81. The van der Waals surface area contributed by atoms with Gasteiger partial charge in [0.15, 0.2) is 0 Å². The number of thiophene rings is 1. The number of hydrogen-bond acceptors (Lipinski definition) is 3. The van der Waals surface area contributed by atoms with Crippen molar-refractivity contribution in [1.29, 1.82) is 0 Å². The fourth-order valence-corrected chi connectivity index (χ4v) is 3.27. The number of hydrazine groups is 1. The minimum atomic E-state index is -0.390. The second kappa shape index (κ2) is 7.85. The first-order chi connectivity index (χ1) is 10.5. The summed E-state index contributed by atoms with van der Waals surface area (Å²) in [4.78, 5) is 23.9. The topological polar surface area (TPSA) is 58.2 Å². The third-order valence-corrected chi connectivity index (χ3v) is 4.86. The average molecular weight is 450 g/mol. The van der Waals surface area contributed by atoms with Crippen LogP contribution in [-0.2, 0) is 11.2 Å². The standard InChI is InChI=1S/C14H11Br2FN2O2S/c15-9-3-1-8(10(17)7-9)2-6-13(20)18-19-14(21)11-4-5-12(16)22-11/h1,3-5,7H,2,6H2,(H,18,20)(H,19,21). The van der Waals surface area contributed by atoms with Gasteiger partial charge in [-0.25, -0.2) is 4.39 Å². The van der Waals surface area contributed by atoms with Crippen LogP contribution >= 0.6 is 43.2 Å². The highest BCUT2D eigenvalue weighted by Crippen LogP contribution is 2.21. The molecule has 0 spiro atoms. The number of benzene rings is 1. The summed E-state index contributed by atoms with van der Waals surface area (Å²) in [5.41, 5.74) is 5.09. The van der Waals surface area contributed by atoms with Crippen LogP contribution in [0.15, 0.2) is 38.6 Å². The zero-order valence-electron chi connectivity index (χ0n) is 11.2. The normalized spacial score (nSPS) is 10.3. The molecule has 1 aromatic carbocycles. The number of amides is 2. The van der Waals surface area contributed by atoms with Crippen LogP contribution in [0, 0.1) is 5.82 Å². The molecule has 0 unspecified atom stereocenters. The maximum absolute atomic E-state index is 13.6. The van der Waals surface area contributed by atoms with E-state index in [0.29, 0.717) is 14.9 Å². The van der Waals surface area contributed by atoms with Crippen LogP contribution in [0.2, 0.25) is 0 Å². The largest absolute Gasteiger partial charge is 0.279 e. The lowest BCUT2D eigenvalue weighted by atomic mass is 10.1. The summed E-state index contributed by atoms with van der Waals surface area (Å²) >= 11 is 7.69. The monoisotopic (exact) mass is 448 g/mol. The number of rotatable bonds is 4. The highest BCUT2D eigenvalue weighted by Gasteiger charge is 2.10. The summed E-state index contributed by atoms with van der Waals surface area (Å²) in [5.74, 6) is -1.14. The van der Waals surface area contributed by atoms with Crippen LogP contribution in [-0.4, -0.2) is 11.8 Å². The lowest BCUT2D eigenvalue weighted by molar-refractivity contribution is -0.121. The van der Waals surface area contributed by atoms with Gasteiger partial charge in [0.1, 0.15) is 5.82 Å². The molecule has 0 fully saturated rings. The Morgan fingerprint density at radius 3 is 2.55 bits per heavy atom. The molecule has 0 atom stereocenters. The molecule has 1 aromatic heterocycles. The Kier molecular flexibility index (Phi) is 6.10. The molecule has 0 saturated heterocycles. The fraction of sp³-hybridized carbons (Fsp3) is 0.143. The van der Waals surface area contributed by atoms with Gasteiger partial charge >= 0.3 is 0 Å². The smallest absolute Gasteiger partial charge is 0.273 e. The quantitative estimate of drug-likeness (QED) is 0.697. The third kappa shape index (κ3) is 4.89. The number of nitrogens with one attached hydrogen (secondary N) is 2. The molecule has 22 heavy (non-hydrogen) atoms. The summed E-state index contributed by atoms with van der Waals surface area (Å²) in [7, 11) is 0. The molecular formula is C14H11Br2FN2O2S. The van der Waals surface area contributed by atoms with Gasteiger partial charge in [-0.3, -0.25) is 20.4 Å². The van der Waals surface area contributed by atoms with E-state index in [4.69, 9.17) is 0 Å². The molecule has 116 valence electrons. The van der Waals surface area contributed by atoms with E-state index in [1.807, 2.05) is 0 Å². The Balaban J connectivity index is 1.79. The van der Waals surface area contributed by atoms with Gasteiger partial charge in [0.25, 0.3) is 5.91 Å². The van der Waals surface area contributed by atoms with Crippen molar-refractivity contribution in [1.82, 2.24) is 10.9 Å². The molecular weight excluding hydrogens is 439 g/mol. The number of aryl methyl sites for hydroxylation is 1. The van der Waals surface area contributed by atoms with Crippen LogP contribution < -0.4 is 10.9 Å². The summed E-state index contributed by atoms with van der Waals surface area (Å²) < 4.78 is 15.1. The van der Waals surface area contributed by atoms with Crippen molar-refractivity contribution in [2.75, 3.05) is 0 Å². The molecule has 1 heterocycles. The molecule has 2 amide bonds. The molecule has 0 saturated carbocycles. The number of carbonyl (C=O) groups excluding carboxylic acids is 2. The van der Waals surface area contributed by atoms with E-state index in [2.05, 4.69) is 42.7 Å². The van der Waals surface area contributed by atoms with Crippen molar-refractivity contribution in [2.45, 2.75) is 12.8 Å². The number of carbonyl (C=O) groups is 2. The van der Waals surface area contributed by atoms with Crippen LogP contribution in [0.4, 0.5) is 4.39 Å². The van der Waals surface area contributed by atoms with Gasteiger partial charge in [-0.15, -0.1) is 11.3 Å². The first kappa shape index (κ1) is 17.1. The minimum absolute atomic E-state index is 0.0764. The summed E-state index contributed by atoms with van der Waals surface area (Å²) in [5, 5.41) is 0. The molecule has 2 N–H and O–H groups in total.